The lowest BCUT2D eigenvalue weighted by atomic mass is 9.85. The molecule has 2 atom stereocenters. The van der Waals surface area contributed by atoms with Gasteiger partial charge in [0.15, 0.2) is 0 Å². The van der Waals surface area contributed by atoms with Gasteiger partial charge in [0.2, 0.25) is 0 Å². The molecule has 2 amide bonds. The molecule has 0 N–H and O–H groups in total. The van der Waals surface area contributed by atoms with Crippen molar-refractivity contribution < 1.29 is 9.59 Å². The first kappa shape index (κ1) is 23.7. The van der Waals surface area contributed by atoms with Gasteiger partial charge in [0.05, 0.1) is 22.9 Å². The summed E-state index contributed by atoms with van der Waals surface area (Å²) in [7, 11) is 0. The molecule has 188 valence electrons. The number of hydrogen-bond donors (Lipinski definition) is 0. The Balaban J connectivity index is 1.18. The third-order valence-corrected chi connectivity index (χ3v) is 8.06. The van der Waals surface area contributed by atoms with Crippen LogP contribution >= 0.6 is 0 Å². The fourth-order valence-corrected chi connectivity index (χ4v) is 6.17. The molecule has 0 saturated carbocycles. The second-order valence-electron chi connectivity index (χ2n) is 10.4. The van der Waals surface area contributed by atoms with Gasteiger partial charge in [-0.25, -0.2) is 0 Å². The molecule has 1 aliphatic heterocycles. The van der Waals surface area contributed by atoms with Crippen molar-refractivity contribution >= 4 is 11.8 Å². The molecule has 0 unspecified atom stereocenters. The Labute approximate surface area is 218 Å². The molecule has 6 nitrogen and oxygen atoms in total. The topological polar surface area (TPSA) is 66.4 Å². The smallest absolute Gasteiger partial charge is 0.261 e. The van der Waals surface area contributed by atoms with Crippen LogP contribution in [0.4, 0.5) is 0 Å². The summed E-state index contributed by atoms with van der Waals surface area (Å²) in [5.74, 6) is 0.128. The Morgan fingerprint density at radius 2 is 1.62 bits per heavy atom. The third kappa shape index (κ3) is 4.74. The van der Waals surface area contributed by atoms with Crippen LogP contribution in [0.3, 0.4) is 0 Å². The molecule has 37 heavy (non-hydrogen) atoms. The van der Waals surface area contributed by atoms with Crippen molar-refractivity contribution in [1.82, 2.24) is 19.8 Å². The maximum Gasteiger partial charge on any atom is 0.261 e. The van der Waals surface area contributed by atoms with Crippen LogP contribution in [0.5, 0.6) is 0 Å². The number of aryl methyl sites for hydroxylation is 2. The number of carbonyl (C=O) groups is 2. The number of imide groups is 1. The van der Waals surface area contributed by atoms with Gasteiger partial charge in [-0.2, -0.15) is 0 Å². The summed E-state index contributed by atoms with van der Waals surface area (Å²) >= 11 is 0. The van der Waals surface area contributed by atoms with Crippen molar-refractivity contribution in [3.8, 4) is 0 Å². The first-order chi connectivity index (χ1) is 18.2. The maximum absolute atomic E-state index is 12.7. The Bertz CT molecular complexity index is 1320. The number of carbonyl (C=O) groups excluding carboxylic acids is 2. The number of amides is 2. The second kappa shape index (κ2) is 10.4. The van der Waals surface area contributed by atoms with Gasteiger partial charge in [0, 0.05) is 37.7 Å². The zero-order valence-electron chi connectivity index (χ0n) is 21.1. The Hall–Kier alpha value is -3.64. The molecule has 6 rings (SSSR count). The zero-order valence-corrected chi connectivity index (χ0v) is 21.1. The highest BCUT2D eigenvalue weighted by atomic mass is 16.2. The molecule has 1 aromatic carbocycles. The zero-order chi connectivity index (χ0) is 25.2. The molecule has 0 fully saturated rings. The highest BCUT2D eigenvalue weighted by molar-refractivity contribution is 6.21. The van der Waals surface area contributed by atoms with Crippen LogP contribution in [-0.4, -0.2) is 51.2 Å². The van der Waals surface area contributed by atoms with Crippen LogP contribution in [-0.2, 0) is 19.3 Å². The van der Waals surface area contributed by atoms with Gasteiger partial charge in [0.25, 0.3) is 11.8 Å². The average Bonchev–Trinajstić information content (AvgIpc) is 3.19. The quantitative estimate of drug-likeness (QED) is 0.350. The maximum atomic E-state index is 12.7. The lowest BCUT2D eigenvalue weighted by Gasteiger charge is -2.37. The number of benzene rings is 1. The lowest BCUT2D eigenvalue weighted by Crippen LogP contribution is -2.37. The molecule has 2 aromatic heterocycles. The van der Waals surface area contributed by atoms with Crippen LogP contribution in [0.1, 0.15) is 68.5 Å². The number of aromatic nitrogens is 2. The van der Waals surface area contributed by atoms with Crippen molar-refractivity contribution in [2.75, 3.05) is 19.6 Å². The van der Waals surface area contributed by atoms with Crippen molar-refractivity contribution in [1.29, 1.82) is 0 Å². The van der Waals surface area contributed by atoms with E-state index in [9.17, 15) is 9.59 Å². The molecular formula is C31H32N4O2. The minimum Gasteiger partial charge on any atom is -0.291 e. The Morgan fingerprint density at radius 3 is 2.43 bits per heavy atom. The molecule has 0 radical (unpaired) electrons. The summed E-state index contributed by atoms with van der Waals surface area (Å²) in [5.41, 5.74) is 6.18. The predicted molar refractivity (Wildman–Crippen MR) is 142 cm³/mol. The van der Waals surface area contributed by atoms with E-state index in [2.05, 4.69) is 28.1 Å². The van der Waals surface area contributed by atoms with Crippen LogP contribution in [0.2, 0.25) is 0 Å². The van der Waals surface area contributed by atoms with E-state index in [1.54, 1.807) is 24.3 Å². The van der Waals surface area contributed by atoms with E-state index in [-0.39, 0.29) is 17.9 Å². The lowest BCUT2D eigenvalue weighted by molar-refractivity contribution is 0.0671. The standard InChI is InChI=1S/C31H32N4O2/c36-30-25-11-1-2-12-26(25)31(37)35(30)19-4-3-18-34(28-13-5-8-24-10-7-17-33-29(24)28)21-22-14-15-23-9-6-16-32-27(23)20-22/h1-4,6-7,9-12,16-17,22,28H,5,8,13-15,18-21H2/b4-3-/t22-,28-/m0/s1. The molecule has 0 spiro atoms. The predicted octanol–water partition coefficient (Wildman–Crippen LogP) is 4.81. The Kier molecular flexibility index (Phi) is 6.66. The average molecular weight is 493 g/mol. The fraction of sp³-hybridized carbons (Fsp3) is 0.355. The largest absolute Gasteiger partial charge is 0.291 e. The van der Waals surface area contributed by atoms with Gasteiger partial charge in [0.1, 0.15) is 0 Å². The molecule has 3 aliphatic rings. The number of nitrogens with zero attached hydrogens (tertiary/aromatic N) is 4. The van der Waals surface area contributed by atoms with E-state index in [1.807, 2.05) is 30.6 Å². The number of rotatable bonds is 7. The van der Waals surface area contributed by atoms with Crippen molar-refractivity contribution in [3.05, 3.63) is 107 Å². The highest BCUT2D eigenvalue weighted by Gasteiger charge is 2.34. The molecular weight excluding hydrogens is 460 g/mol. The highest BCUT2D eigenvalue weighted by Crippen LogP contribution is 2.35. The van der Waals surface area contributed by atoms with E-state index in [0.29, 0.717) is 23.6 Å². The summed E-state index contributed by atoms with van der Waals surface area (Å²) in [5, 5.41) is 0. The number of fused-ring (bicyclic) bond motifs is 3. The van der Waals surface area contributed by atoms with E-state index in [0.717, 1.165) is 51.6 Å². The molecule has 6 heteroatoms. The summed E-state index contributed by atoms with van der Waals surface area (Å²) < 4.78 is 0. The van der Waals surface area contributed by atoms with E-state index in [1.165, 1.54) is 27.4 Å². The van der Waals surface area contributed by atoms with Gasteiger partial charge in [-0.3, -0.25) is 29.4 Å². The van der Waals surface area contributed by atoms with E-state index in [4.69, 9.17) is 4.98 Å². The fourth-order valence-electron chi connectivity index (χ4n) is 6.17. The monoisotopic (exact) mass is 492 g/mol. The van der Waals surface area contributed by atoms with Crippen molar-refractivity contribution in [2.24, 2.45) is 5.92 Å². The molecule has 3 heterocycles. The van der Waals surface area contributed by atoms with Crippen molar-refractivity contribution in [3.63, 3.8) is 0 Å². The van der Waals surface area contributed by atoms with Gasteiger partial charge in [-0.1, -0.05) is 36.4 Å². The summed E-state index contributed by atoms with van der Waals surface area (Å²) in [6, 6.07) is 15.8. The molecule has 3 aromatic rings. The third-order valence-electron chi connectivity index (χ3n) is 8.06. The summed E-state index contributed by atoms with van der Waals surface area (Å²) in [6.07, 6.45) is 14.5. The van der Waals surface area contributed by atoms with Gasteiger partial charge in [-0.15, -0.1) is 0 Å². The minimum atomic E-state index is -0.208. The second-order valence-corrected chi connectivity index (χ2v) is 10.4. The van der Waals surface area contributed by atoms with Gasteiger partial charge >= 0.3 is 0 Å². The molecule has 2 aliphatic carbocycles. The molecule has 0 bridgehead atoms. The molecule has 0 saturated heterocycles. The first-order valence-electron chi connectivity index (χ1n) is 13.4. The van der Waals surface area contributed by atoms with Gasteiger partial charge in [-0.05, 0) is 79.8 Å². The van der Waals surface area contributed by atoms with Crippen LogP contribution < -0.4 is 0 Å². The van der Waals surface area contributed by atoms with Crippen molar-refractivity contribution in [2.45, 2.75) is 44.6 Å². The van der Waals surface area contributed by atoms with E-state index >= 15 is 0 Å². The van der Waals surface area contributed by atoms with Crippen LogP contribution in [0, 0.1) is 5.92 Å². The van der Waals surface area contributed by atoms with E-state index < -0.39 is 0 Å². The number of hydrogen-bond acceptors (Lipinski definition) is 5. The summed E-state index contributed by atoms with van der Waals surface area (Å²) in [6.45, 7) is 2.03. The van der Waals surface area contributed by atoms with Gasteiger partial charge < -0.3 is 0 Å². The van der Waals surface area contributed by atoms with Crippen LogP contribution in [0.25, 0.3) is 0 Å². The Morgan fingerprint density at radius 1 is 0.865 bits per heavy atom. The normalized spacial score (nSPS) is 20.8. The summed E-state index contributed by atoms with van der Waals surface area (Å²) in [4.78, 5) is 38.8. The van der Waals surface area contributed by atoms with Crippen LogP contribution in [0.15, 0.2) is 73.1 Å². The first-order valence-corrected chi connectivity index (χ1v) is 13.4. The minimum absolute atomic E-state index is 0.208. The number of pyridine rings is 2. The SMILES string of the molecule is O=C1c2ccccc2C(=O)N1C/C=C\CN(C[C@H]1CCc2cccnc2C1)[C@H]1CCCc2cccnc21.